The van der Waals surface area contributed by atoms with Crippen LogP contribution in [0.1, 0.15) is 46.0 Å². The van der Waals surface area contributed by atoms with E-state index >= 15 is 0 Å². The van der Waals surface area contributed by atoms with E-state index in [1.165, 1.54) is 30.5 Å². The van der Waals surface area contributed by atoms with Crippen molar-refractivity contribution in [1.82, 2.24) is 4.90 Å². The lowest BCUT2D eigenvalue weighted by Gasteiger charge is -2.22. The lowest BCUT2D eigenvalue weighted by atomic mass is 10.2. The number of hydrogen-bond donors (Lipinski definition) is 0. The van der Waals surface area contributed by atoms with E-state index in [1.807, 2.05) is 0 Å². The molecule has 0 aromatic rings. The van der Waals surface area contributed by atoms with Gasteiger partial charge in [0.05, 0.1) is 0 Å². The van der Waals surface area contributed by atoms with Crippen molar-refractivity contribution in [2.45, 2.75) is 46.0 Å². The van der Waals surface area contributed by atoms with Crippen LogP contribution in [0.2, 0.25) is 0 Å². The van der Waals surface area contributed by atoms with Crippen molar-refractivity contribution in [3.05, 3.63) is 36.1 Å². The minimum absolute atomic E-state index is 0.778. The Morgan fingerprint density at radius 1 is 1.29 bits per heavy atom. The Kier molecular flexibility index (Phi) is 6.10. The van der Waals surface area contributed by atoms with E-state index < -0.39 is 0 Å². The van der Waals surface area contributed by atoms with Gasteiger partial charge in [-0.2, -0.15) is 0 Å². The largest absolute Gasteiger partial charge is 0.374 e. The van der Waals surface area contributed by atoms with Crippen molar-refractivity contribution < 1.29 is 0 Å². The predicted molar refractivity (Wildman–Crippen MR) is 76.9 cm³/mol. The maximum atomic E-state index is 4.18. The Hall–Kier alpha value is -0.980. The zero-order chi connectivity index (χ0) is 12.7. The first-order chi connectivity index (χ1) is 8.15. The highest BCUT2D eigenvalue weighted by molar-refractivity contribution is 5.10. The van der Waals surface area contributed by atoms with Crippen molar-refractivity contribution in [2.24, 2.45) is 5.92 Å². The average Bonchev–Trinajstić information content (AvgIpc) is 3.11. The van der Waals surface area contributed by atoms with Crippen LogP contribution < -0.4 is 0 Å². The van der Waals surface area contributed by atoms with Crippen LogP contribution in [0.3, 0.4) is 0 Å². The summed E-state index contributed by atoms with van der Waals surface area (Å²) < 4.78 is 0. The van der Waals surface area contributed by atoms with Crippen LogP contribution >= 0.6 is 0 Å². The van der Waals surface area contributed by atoms with Gasteiger partial charge < -0.3 is 4.90 Å². The van der Waals surface area contributed by atoms with Gasteiger partial charge in [0.25, 0.3) is 0 Å². The van der Waals surface area contributed by atoms with Crippen LogP contribution in [0.5, 0.6) is 0 Å². The molecule has 0 radical (unpaired) electrons. The smallest absolute Gasteiger partial charge is 0.0379 e. The third-order valence-corrected chi connectivity index (χ3v) is 3.25. The molecule has 1 fully saturated rings. The second-order valence-electron chi connectivity index (χ2n) is 5.13. The molecule has 96 valence electrons. The normalized spacial score (nSPS) is 16.5. The Morgan fingerprint density at radius 3 is 2.59 bits per heavy atom. The highest BCUT2D eigenvalue weighted by Crippen LogP contribution is 2.36. The number of rotatable bonds is 8. The molecule has 0 unspecified atom stereocenters. The van der Waals surface area contributed by atoms with E-state index in [0.717, 1.165) is 25.3 Å². The Balaban J connectivity index is 2.22. The van der Waals surface area contributed by atoms with E-state index in [1.54, 1.807) is 0 Å². The molecule has 0 N–H and O–H groups in total. The molecule has 0 spiro atoms. The highest BCUT2D eigenvalue weighted by atomic mass is 15.1. The summed E-state index contributed by atoms with van der Waals surface area (Å²) in [6.07, 6.45) is 13.0. The van der Waals surface area contributed by atoms with Gasteiger partial charge in [0, 0.05) is 19.3 Å². The summed E-state index contributed by atoms with van der Waals surface area (Å²) in [5.74, 6) is 0.778. The molecule has 0 saturated heterocycles. The average molecular weight is 233 g/mol. The maximum Gasteiger partial charge on any atom is 0.0379 e. The van der Waals surface area contributed by atoms with Gasteiger partial charge in [-0.25, -0.2) is 0 Å². The first-order valence-electron chi connectivity index (χ1n) is 6.85. The first-order valence-corrected chi connectivity index (χ1v) is 6.85. The zero-order valence-corrected chi connectivity index (χ0v) is 11.7. The van der Waals surface area contributed by atoms with Gasteiger partial charge in [0.15, 0.2) is 0 Å². The van der Waals surface area contributed by atoms with Gasteiger partial charge in [-0.05, 0) is 44.9 Å². The monoisotopic (exact) mass is 233 g/mol. The number of likely N-dealkylation sites (N-methyl/N-ethyl adjacent to an activating group) is 1. The number of nitrogens with zero attached hydrogens (tertiary/aromatic N) is 1. The summed E-state index contributed by atoms with van der Waals surface area (Å²) >= 11 is 0. The molecule has 1 heteroatoms. The predicted octanol–water partition coefficient (Wildman–Crippen LogP) is 4.53. The quantitative estimate of drug-likeness (QED) is 0.439. The van der Waals surface area contributed by atoms with E-state index in [9.17, 15) is 0 Å². The second kappa shape index (κ2) is 7.37. The summed E-state index contributed by atoms with van der Waals surface area (Å²) in [4.78, 5) is 2.31. The van der Waals surface area contributed by atoms with E-state index in [-0.39, 0.29) is 0 Å². The van der Waals surface area contributed by atoms with Crippen LogP contribution in [-0.2, 0) is 0 Å². The van der Waals surface area contributed by atoms with Crippen LogP contribution in [0.25, 0.3) is 0 Å². The molecule has 0 amide bonds. The molecule has 0 atom stereocenters. The van der Waals surface area contributed by atoms with Gasteiger partial charge in [-0.1, -0.05) is 37.3 Å². The lowest BCUT2D eigenvalue weighted by Crippen LogP contribution is -2.20. The van der Waals surface area contributed by atoms with E-state index in [2.05, 4.69) is 50.6 Å². The fourth-order valence-corrected chi connectivity index (χ4v) is 1.98. The van der Waals surface area contributed by atoms with E-state index in [4.69, 9.17) is 0 Å². The molecule has 1 aliphatic rings. The van der Waals surface area contributed by atoms with E-state index in [0.29, 0.717) is 0 Å². The summed E-state index contributed by atoms with van der Waals surface area (Å²) in [6, 6.07) is 0. The lowest BCUT2D eigenvalue weighted by molar-refractivity contribution is 0.428. The minimum Gasteiger partial charge on any atom is -0.374 e. The summed E-state index contributed by atoms with van der Waals surface area (Å²) in [7, 11) is 2.16. The SMILES string of the molecule is C=C(C1CC1)N(C)C/C(C)=C/CC/C=C\CC. The first kappa shape index (κ1) is 14.1. The molecule has 17 heavy (non-hydrogen) atoms. The Morgan fingerprint density at radius 2 is 2.00 bits per heavy atom. The molecular weight excluding hydrogens is 206 g/mol. The molecule has 1 nitrogen and oxygen atoms in total. The third kappa shape index (κ3) is 5.76. The maximum absolute atomic E-state index is 4.18. The third-order valence-electron chi connectivity index (χ3n) is 3.25. The number of unbranched alkanes of at least 4 members (excludes halogenated alkanes) is 1. The van der Waals surface area contributed by atoms with Crippen molar-refractivity contribution >= 4 is 0 Å². The molecular formula is C16H27N. The fraction of sp³-hybridized carbons (Fsp3) is 0.625. The molecule has 1 saturated carbocycles. The van der Waals surface area contributed by atoms with Crippen molar-refractivity contribution in [3.8, 4) is 0 Å². The molecule has 1 rings (SSSR count). The molecule has 1 aliphatic carbocycles. The molecule has 0 bridgehead atoms. The number of allylic oxidation sites excluding steroid dienone is 4. The Bertz CT molecular complexity index is 295. The minimum atomic E-state index is 0.778. The summed E-state index contributed by atoms with van der Waals surface area (Å²) in [5, 5.41) is 0. The van der Waals surface area contributed by atoms with Gasteiger partial charge in [0.2, 0.25) is 0 Å². The molecule has 0 aromatic heterocycles. The summed E-state index contributed by atoms with van der Waals surface area (Å²) in [6.45, 7) is 9.61. The molecule has 0 heterocycles. The van der Waals surface area contributed by atoms with Crippen LogP contribution in [0.4, 0.5) is 0 Å². The van der Waals surface area contributed by atoms with Crippen molar-refractivity contribution in [2.75, 3.05) is 13.6 Å². The van der Waals surface area contributed by atoms with Gasteiger partial charge in [-0.15, -0.1) is 0 Å². The van der Waals surface area contributed by atoms with Crippen LogP contribution in [-0.4, -0.2) is 18.5 Å². The van der Waals surface area contributed by atoms with Crippen molar-refractivity contribution in [1.29, 1.82) is 0 Å². The second-order valence-corrected chi connectivity index (χ2v) is 5.13. The van der Waals surface area contributed by atoms with Crippen LogP contribution in [0, 0.1) is 5.92 Å². The van der Waals surface area contributed by atoms with Crippen molar-refractivity contribution in [3.63, 3.8) is 0 Å². The van der Waals surface area contributed by atoms with Gasteiger partial charge >= 0.3 is 0 Å². The highest BCUT2D eigenvalue weighted by Gasteiger charge is 2.26. The molecule has 0 aliphatic heterocycles. The standard InChI is InChI=1S/C16H27N/c1-5-6-7-8-9-10-14(2)13-17(4)15(3)16-11-12-16/h6-7,10,16H,3,5,8-9,11-13H2,1-2,4H3/b7-6-,14-10+. The van der Waals surface area contributed by atoms with Crippen LogP contribution in [0.15, 0.2) is 36.1 Å². The zero-order valence-electron chi connectivity index (χ0n) is 11.7. The topological polar surface area (TPSA) is 3.24 Å². The van der Waals surface area contributed by atoms with Gasteiger partial charge in [0.1, 0.15) is 0 Å². The number of hydrogen-bond acceptors (Lipinski definition) is 1. The summed E-state index contributed by atoms with van der Waals surface area (Å²) in [5.41, 5.74) is 2.78. The fourth-order valence-electron chi connectivity index (χ4n) is 1.98. The Labute approximate surface area is 107 Å². The molecule has 0 aromatic carbocycles. The van der Waals surface area contributed by atoms with Gasteiger partial charge in [-0.3, -0.25) is 0 Å².